The van der Waals surface area contributed by atoms with Gasteiger partial charge in [0.2, 0.25) is 0 Å². The fourth-order valence-electron chi connectivity index (χ4n) is 2.88. The molecular weight excluding hydrogens is 208 g/mol. The molecule has 0 bridgehead atoms. The van der Waals surface area contributed by atoms with E-state index >= 15 is 0 Å². The molecule has 0 aromatic rings. The molecule has 1 rings (SSSR count). The predicted molar refractivity (Wildman–Crippen MR) is 76.4 cm³/mol. The number of hydrogen-bond acceptors (Lipinski definition) is 2. The molecule has 2 nitrogen and oxygen atoms in total. The molecule has 2 heteroatoms. The van der Waals surface area contributed by atoms with Crippen LogP contribution in [-0.4, -0.2) is 37.1 Å². The predicted octanol–water partition coefficient (Wildman–Crippen LogP) is 3.28. The highest BCUT2D eigenvalue weighted by Gasteiger charge is 2.15. The van der Waals surface area contributed by atoms with Crippen molar-refractivity contribution < 1.29 is 0 Å². The van der Waals surface area contributed by atoms with Crippen LogP contribution in [0.1, 0.15) is 59.3 Å². The quantitative estimate of drug-likeness (QED) is 0.665. The summed E-state index contributed by atoms with van der Waals surface area (Å²) in [4.78, 5) is 2.63. The van der Waals surface area contributed by atoms with Crippen molar-refractivity contribution in [1.29, 1.82) is 0 Å². The molecule has 1 saturated heterocycles. The standard InChI is InChI=1S/C15H32N2/c1-4-8-15(9-5-2)16-12-14(3)13-17-10-6-7-11-17/h14-16H,4-13H2,1-3H3. The Labute approximate surface area is 108 Å². The number of rotatable bonds is 9. The van der Waals surface area contributed by atoms with Crippen LogP contribution in [0.4, 0.5) is 0 Å². The molecule has 0 aromatic heterocycles. The second-order valence-electron chi connectivity index (χ2n) is 5.80. The topological polar surface area (TPSA) is 15.3 Å². The number of nitrogens with one attached hydrogen (secondary N) is 1. The Balaban J connectivity index is 2.13. The SMILES string of the molecule is CCCC(CCC)NCC(C)CN1CCCC1. The normalized spacial score (nSPS) is 19.1. The van der Waals surface area contributed by atoms with Crippen LogP contribution in [0.25, 0.3) is 0 Å². The monoisotopic (exact) mass is 240 g/mol. The van der Waals surface area contributed by atoms with E-state index in [1.54, 1.807) is 0 Å². The Kier molecular flexibility index (Phi) is 7.87. The van der Waals surface area contributed by atoms with Gasteiger partial charge in [-0.1, -0.05) is 33.6 Å². The molecule has 1 aliphatic heterocycles. The van der Waals surface area contributed by atoms with E-state index in [0.29, 0.717) is 0 Å². The lowest BCUT2D eigenvalue weighted by molar-refractivity contribution is 0.274. The van der Waals surface area contributed by atoms with Crippen LogP contribution in [0.15, 0.2) is 0 Å². The summed E-state index contributed by atoms with van der Waals surface area (Å²) in [5.41, 5.74) is 0. The van der Waals surface area contributed by atoms with Crippen molar-refractivity contribution in [2.45, 2.75) is 65.3 Å². The average molecular weight is 240 g/mol. The minimum Gasteiger partial charge on any atom is -0.314 e. The molecule has 0 spiro atoms. The molecule has 1 aliphatic rings. The van der Waals surface area contributed by atoms with Crippen molar-refractivity contribution in [1.82, 2.24) is 10.2 Å². The van der Waals surface area contributed by atoms with Crippen LogP contribution in [0.3, 0.4) is 0 Å². The van der Waals surface area contributed by atoms with Gasteiger partial charge in [-0.3, -0.25) is 0 Å². The van der Waals surface area contributed by atoms with Crippen molar-refractivity contribution >= 4 is 0 Å². The molecule has 0 aromatic carbocycles. The lowest BCUT2D eigenvalue weighted by Gasteiger charge is -2.24. The molecule has 0 radical (unpaired) electrons. The third-order valence-corrected chi connectivity index (χ3v) is 3.80. The van der Waals surface area contributed by atoms with Crippen molar-refractivity contribution in [3.05, 3.63) is 0 Å². The number of likely N-dealkylation sites (tertiary alicyclic amines) is 1. The Morgan fingerprint density at radius 1 is 1.06 bits per heavy atom. The molecule has 0 aliphatic carbocycles. The summed E-state index contributed by atoms with van der Waals surface area (Å²) in [5.74, 6) is 0.796. The summed E-state index contributed by atoms with van der Waals surface area (Å²) in [6, 6.07) is 0.756. The van der Waals surface area contributed by atoms with Gasteiger partial charge < -0.3 is 10.2 Å². The van der Waals surface area contributed by atoms with Crippen molar-refractivity contribution in [3.63, 3.8) is 0 Å². The lowest BCUT2D eigenvalue weighted by Crippen LogP contribution is -2.36. The van der Waals surface area contributed by atoms with E-state index in [9.17, 15) is 0 Å². The highest BCUT2D eigenvalue weighted by atomic mass is 15.1. The molecule has 1 heterocycles. The zero-order valence-corrected chi connectivity index (χ0v) is 12.2. The molecule has 17 heavy (non-hydrogen) atoms. The number of nitrogens with zero attached hydrogens (tertiary/aromatic N) is 1. The van der Waals surface area contributed by atoms with Gasteiger partial charge in [0, 0.05) is 12.6 Å². The Morgan fingerprint density at radius 2 is 1.65 bits per heavy atom. The largest absolute Gasteiger partial charge is 0.314 e. The molecular formula is C15H32N2. The van der Waals surface area contributed by atoms with Crippen LogP contribution < -0.4 is 5.32 Å². The fraction of sp³-hybridized carbons (Fsp3) is 1.00. The lowest BCUT2D eigenvalue weighted by atomic mass is 10.1. The van der Waals surface area contributed by atoms with Crippen molar-refractivity contribution in [3.8, 4) is 0 Å². The van der Waals surface area contributed by atoms with Gasteiger partial charge in [-0.25, -0.2) is 0 Å². The molecule has 1 fully saturated rings. The molecule has 1 atom stereocenters. The zero-order valence-electron chi connectivity index (χ0n) is 12.2. The van der Waals surface area contributed by atoms with Crippen LogP contribution >= 0.6 is 0 Å². The van der Waals surface area contributed by atoms with Gasteiger partial charge in [0.15, 0.2) is 0 Å². The first-order valence-corrected chi connectivity index (χ1v) is 7.72. The Morgan fingerprint density at radius 3 is 2.18 bits per heavy atom. The first-order chi connectivity index (χ1) is 8.26. The first-order valence-electron chi connectivity index (χ1n) is 7.72. The van der Waals surface area contributed by atoms with Gasteiger partial charge in [0.1, 0.15) is 0 Å². The number of hydrogen-bond donors (Lipinski definition) is 1. The molecule has 0 amide bonds. The van der Waals surface area contributed by atoms with E-state index in [-0.39, 0.29) is 0 Å². The summed E-state index contributed by atoms with van der Waals surface area (Å²) in [6.07, 6.45) is 8.10. The van der Waals surface area contributed by atoms with E-state index in [1.807, 2.05) is 0 Å². The highest BCUT2D eigenvalue weighted by Crippen LogP contribution is 2.11. The maximum absolute atomic E-state index is 3.77. The maximum Gasteiger partial charge on any atom is 0.00669 e. The van der Waals surface area contributed by atoms with E-state index in [4.69, 9.17) is 0 Å². The van der Waals surface area contributed by atoms with Crippen LogP contribution in [0.2, 0.25) is 0 Å². The Bertz CT molecular complexity index is 170. The second-order valence-corrected chi connectivity index (χ2v) is 5.80. The summed E-state index contributed by atoms with van der Waals surface area (Å²) in [5, 5.41) is 3.77. The highest BCUT2D eigenvalue weighted by molar-refractivity contribution is 4.72. The molecule has 1 N–H and O–H groups in total. The van der Waals surface area contributed by atoms with Gasteiger partial charge in [0.25, 0.3) is 0 Å². The maximum atomic E-state index is 3.77. The minimum absolute atomic E-state index is 0.756. The van der Waals surface area contributed by atoms with Gasteiger partial charge in [0.05, 0.1) is 0 Å². The molecule has 102 valence electrons. The van der Waals surface area contributed by atoms with Crippen LogP contribution in [0, 0.1) is 5.92 Å². The fourth-order valence-corrected chi connectivity index (χ4v) is 2.88. The van der Waals surface area contributed by atoms with Crippen molar-refractivity contribution in [2.75, 3.05) is 26.2 Å². The Hall–Kier alpha value is -0.0800. The van der Waals surface area contributed by atoms with Gasteiger partial charge >= 0.3 is 0 Å². The van der Waals surface area contributed by atoms with Crippen molar-refractivity contribution in [2.24, 2.45) is 5.92 Å². The van der Waals surface area contributed by atoms with Gasteiger partial charge in [-0.15, -0.1) is 0 Å². The summed E-state index contributed by atoms with van der Waals surface area (Å²) < 4.78 is 0. The summed E-state index contributed by atoms with van der Waals surface area (Å²) in [6.45, 7) is 12.1. The van der Waals surface area contributed by atoms with Gasteiger partial charge in [-0.05, 0) is 51.2 Å². The van der Waals surface area contributed by atoms with Gasteiger partial charge in [-0.2, -0.15) is 0 Å². The minimum atomic E-state index is 0.756. The smallest absolute Gasteiger partial charge is 0.00669 e. The van der Waals surface area contributed by atoms with Crippen LogP contribution in [-0.2, 0) is 0 Å². The second kappa shape index (κ2) is 8.93. The van der Waals surface area contributed by atoms with E-state index in [1.165, 1.54) is 64.7 Å². The summed E-state index contributed by atoms with van der Waals surface area (Å²) in [7, 11) is 0. The molecule has 0 saturated carbocycles. The zero-order chi connectivity index (χ0) is 12.5. The van der Waals surface area contributed by atoms with Crippen LogP contribution in [0.5, 0.6) is 0 Å². The van der Waals surface area contributed by atoms with E-state index in [2.05, 4.69) is 31.0 Å². The average Bonchev–Trinajstić information content (AvgIpc) is 2.79. The summed E-state index contributed by atoms with van der Waals surface area (Å²) >= 11 is 0. The molecule has 1 unspecified atom stereocenters. The van der Waals surface area contributed by atoms with E-state index in [0.717, 1.165) is 12.0 Å². The first kappa shape index (κ1) is 15.0. The van der Waals surface area contributed by atoms with E-state index < -0.39 is 0 Å². The third-order valence-electron chi connectivity index (χ3n) is 3.80. The third kappa shape index (κ3) is 6.42.